The molecule has 0 fully saturated rings. The van der Waals surface area contributed by atoms with Crippen LogP contribution in [0, 0.1) is 6.92 Å². The molecule has 0 radical (unpaired) electrons. The smallest absolute Gasteiger partial charge is 0.250 e. The molecule has 2 aromatic rings. The molecule has 136 valence electrons. The molecule has 0 bridgehead atoms. The molecule has 0 saturated carbocycles. The van der Waals surface area contributed by atoms with E-state index in [-0.39, 0.29) is 11.9 Å². The lowest BCUT2D eigenvalue weighted by Gasteiger charge is -2.34. The molecule has 2 aliphatic rings. The van der Waals surface area contributed by atoms with Gasteiger partial charge in [-0.25, -0.2) is 0 Å². The van der Waals surface area contributed by atoms with E-state index in [1.807, 2.05) is 30.9 Å². The van der Waals surface area contributed by atoms with Crippen LogP contribution in [-0.4, -0.2) is 37.1 Å². The van der Waals surface area contributed by atoms with Crippen LogP contribution in [0.25, 0.3) is 0 Å². The van der Waals surface area contributed by atoms with Gasteiger partial charge in [0, 0.05) is 24.4 Å². The molecule has 0 saturated heterocycles. The zero-order valence-corrected chi connectivity index (χ0v) is 15.2. The molecule has 0 aromatic carbocycles. The van der Waals surface area contributed by atoms with Crippen molar-refractivity contribution < 1.29 is 9.53 Å². The first-order valence-corrected chi connectivity index (χ1v) is 9.11. The van der Waals surface area contributed by atoms with E-state index in [4.69, 9.17) is 4.74 Å². The molecular weight excluding hydrogens is 330 g/mol. The number of pyridine rings is 1. The van der Waals surface area contributed by atoms with E-state index >= 15 is 0 Å². The van der Waals surface area contributed by atoms with E-state index in [1.165, 1.54) is 0 Å². The van der Waals surface area contributed by atoms with Crippen LogP contribution in [0.15, 0.2) is 30.0 Å². The van der Waals surface area contributed by atoms with Gasteiger partial charge in [-0.1, -0.05) is 6.08 Å². The maximum absolute atomic E-state index is 12.7. The van der Waals surface area contributed by atoms with Gasteiger partial charge in [-0.3, -0.25) is 9.78 Å². The van der Waals surface area contributed by atoms with Crippen molar-refractivity contribution in [3.63, 3.8) is 0 Å². The highest BCUT2D eigenvalue weighted by molar-refractivity contribution is 5.94. The van der Waals surface area contributed by atoms with Gasteiger partial charge in [0.2, 0.25) is 5.91 Å². The second-order valence-corrected chi connectivity index (χ2v) is 6.85. The lowest BCUT2D eigenvalue weighted by molar-refractivity contribution is -0.130. The van der Waals surface area contributed by atoms with E-state index in [0.29, 0.717) is 25.4 Å². The summed E-state index contributed by atoms with van der Waals surface area (Å²) >= 11 is 0. The Kier molecular flexibility index (Phi) is 4.44. The van der Waals surface area contributed by atoms with Crippen LogP contribution < -0.4 is 4.74 Å². The van der Waals surface area contributed by atoms with E-state index in [2.05, 4.69) is 25.8 Å². The first kappa shape index (κ1) is 16.8. The van der Waals surface area contributed by atoms with Crippen molar-refractivity contribution in [2.24, 2.45) is 0 Å². The third-order valence-electron chi connectivity index (χ3n) is 5.09. The predicted molar refractivity (Wildman–Crippen MR) is 95.4 cm³/mol. The Morgan fingerprint density at radius 2 is 2.19 bits per heavy atom. The van der Waals surface area contributed by atoms with Gasteiger partial charge < -0.3 is 14.2 Å². The average molecular weight is 353 g/mol. The number of aromatic nitrogens is 4. The van der Waals surface area contributed by atoms with Crippen LogP contribution in [0.2, 0.25) is 0 Å². The summed E-state index contributed by atoms with van der Waals surface area (Å²) in [4.78, 5) is 18.9. The Morgan fingerprint density at radius 3 is 2.92 bits per heavy atom. The summed E-state index contributed by atoms with van der Waals surface area (Å²) in [6.07, 6.45) is 6.76. The number of rotatable bonds is 4. The Hall–Kier alpha value is -2.70. The molecule has 7 heteroatoms. The number of hydrogen-bond acceptors (Lipinski definition) is 5. The molecule has 1 aliphatic heterocycles. The summed E-state index contributed by atoms with van der Waals surface area (Å²) in [5.74, 6) is 2.46. The van der Waals surface area contributed by atoms with Crippen LogP contribution in [0.4, 0.5) is 0 Å². The number of allylic oxidation sites excluding steroid dienone is 1. The third-order valence-corrected chi connectivity index (χ3v) is 5.09. The summed E-state index contributed by atoms with van der Waals surface area (Å²) in [5, 5.41) is 8.61. The number of carbonyl (C=O) groups is 1. The SMILES string of the molecule is Cc1ccc(OCc2nnc3n2CCN(C(=O)C2=CCCC2)[C@H]3C)cn1. The highest BCUT2D eigenvalue weighted by Gasteiger charge is 2.32. The minimum atomic E-state index is -0.0833. The van der Waals surface area contributed by atoms with Gasteiger partial charge in [0.1, 0.15) is 12.4 Å². The van der Waals surface area contributed by atoms with E-state index in [0.717, 1.165) is 42.2 Å². The van der Waals surface area contributed by atoms with Crippen LogP contribution in [0.5, 0.6) is 5.75 Å². The Morgan fingerprint density at radius 1 is 1.31 bits per heavy atom. The maximum Gasteiger partial charge on any atom is 0.250 e. The van der Waals surface area contributed by atoms with E-state index in [1.54, 1.807) is 6.20 Å². The fourth-order valence-corrected chi connectivity index (χ4v) is 3.56. The first-order valence-electron chi connectivity index (χ1n) is 9.11. The van der Waals surface area contributed by atoms with Crippen molar-refractivity contribution in [2.75, 3.05) is 6.54 Å². The standard InChI is InChI=1S/C19H23N5O2/c1-13-7-8-16(11-20-13)26-12-17-21-22-18-14(2)23(9-10-24(17)18)19(25)15-5-3-4-6-15/h5,7-8,11,14H,3-4,6,9-10,12H2,1-2H3/t14-/m0/s1. The highest BCUT2D eigenvalue weighted by atomic mass is 16.5. The Balaban J connectivity index is 1.47. The monoisotopic (exact) mass is 353 g/mol. The van der Waals surface area contributed by atoms with Gasteiger partial charge in [-0.2, -0.15) is 0 Å². The topological polar surface area (TPSA) is 73.1 Å². The molecule has 3 heterocycles. The molecular formula is C19H23N5O2. The quantitative estimate of drug-likeness (QED) is 0.845. The van der Waals surface area contributed by atoms with E-state index in [9.17, 15) is 4.79 Å². The number of fused-ring (bicyclic) bond motifs is 1. The molecule has 1 atom stereocenters. The lowest BCUT2D eigenvalue weighted by atomic mass is 10.1. The molecule has 1 aliphatic carbocycles. The second-order valence-electron chi connectivity index (χ2n) is 6.85. The molecule has 26 heavy (non-hydrogen) atoms. The van der Waals surface area contributed by atoms with Gasteiger partial charge in [0.25, 0.3) is 0 Å². The number of amides is 1. The minimum absolute atomic E-state index is 0.0833. The molecule has 0 spiro atoms. The molecule has 7 nitrogen and oxygen atoms in total. The zero-order chi connectivity index (χ0) is 18.1. The summed E-state index contributed by atoms with van der Waals surface area (Å²) in [6, 6.07) is 3.73. The Labute approximate surface area is 152 Å². The van der Waals surface area contributed by atoms with Crippen molar-refractivity contribution in [1.82, 2.24) is 24.6 Å². The predicted octanol–water partition coefficient (Wildman–Crippen LogP) is 2.57. The minimum Gasteiger partial charge on any atom is -0.484 e. The highest BCUT2D eigenvalue weighted by Crippen LogP contribution is 2.29. The molecule has 1 amide bonds. The molecule has 0 N–H and O–H groups in total. The number of hydrogen-bond donors (Lipinski definition) is 0. The average Bonchev–Trinajstić information content (AvgIpc) is 3.31. The summed E-state index contributed by atoms with van der Waals surface area (Å²) in [7, 11) is 0. The number of nitrogens with zero attached hydrogens (tertiary/aromatic N) is 5. The maximum atomic E-state index is 12.7. The summed E-state index contributed by atoms with van der Waals surface area (Å²) in [5.41, 5.74) is 1.90. The fourth-order valence-electron chi connectivity index (χ4n) is 3.56. The van der Waals surface area contributed by atoms with Crippen molar-refractivity contribution >= 4 is 5.91 Å². The number of aryl methyl sites for hydroxylation is 1. The fraction of sp³-hybridized carbons (Fsp3) is 0.474. The van der Waals surface area contributed by atoms with Crippen LogP contribution in [0.1, 0.15) is 49.6 Å². The van der Waals surface area contributed by atoms with Crippen molar-refractivity contribution in [3.05, 3.63) is 47.3 Å². The normalized spacial score (nSPS) is 19.2. The largest absolute Gasteiger partial charge is 0.484 e. The van der Waals surface area contributed by atoms with Crippen molar-refractivity contribution in [1.29, 1.82) is 0 Å². The molecule has 0 unspecified atom stereocenters. The Bertz CT molecular complexity index is 840. The van der Waals surface area contributed by atoms with Crippen molar-refractivity contribution in [2.45, 2.75) is 52.3 Å². The number of carbonyl (C=O) groups excluding carboxylic acids is 1. The van der Waals surface area contributed by atoms with Crippen LogP contribution >= 0.6 is 0 Å². The van der Waals surface area contributed by atoms with Gasteiger partial charge in [0.05, 0.1) is 12.2 Å². The third kappa shape index (κ3) is 3.09. The van der Waals surface area contributed by atoms with Gasteiger partial charge in [0.15, 0.2) is 11.6 Å². The van der Waals surface area contributed by atoms with Gasteiger partial charge in [-0.05, 0) is 45.2 Å². The van der Waals surface area contributed by atoms with E-state index < -0.39 is 0 Å². The molecule has 2 aromatic heterocycles. The van der Waals surface area contributed by atoms with Crippen LogP contribution in [0.3, 0.4) is 0 Å². The van der Waals surface area contributed by atoms with Gasteiger partial charge in [-0.15, -0.1) is 10.2 Å². The second kappa shape index (κ2) is 6.90. The van der Waals surface area contributed by atoms with Gasteiger partial charge >= 0.3 is 0 Å². The van der Waals surface area contributed by atoms with Crippen molar-refractivity contribution in [3.8, 4) is 5.75 Å². The number of ether oxygens (including phenoxy) is 1. The van der Waals surface area contributed by atoms with Crippen LogP contribution in [-0.2, 0) is 17.9 Å². The summed E-state index contributed by atoms with van der Waals surface area (Å²) in [6.45, 7) is 5.65. The zero-order valence-electron chi connectivity index (χ0n) is 15.2. The lowest BCUT2D eigenvalue weighted by Crippen LogP contribution is -2.42. The summed E-state index contributed by atoms with van der Waals surface area (Å²) < 4.78 is 7.86. The first-order chi connectivity index (χ1) is 12.6. The molecule has 4 rings (SSSR count).